The van der Waals surface area contributed by atoms with E-state index in [0.717, 1.165) is 0 Å². The van der Waals surface area contributed by atoms with Crippen LogP contribution in [0.25, 0.3) is 0 Å². The van der Waals surface area contributed by atoms with Crippen molar-refractivity contribution in [3.8, 4) is 0 Å². The van der Waals surface area contributed by atoms with Gasteiger partial charge in [-0.1, -0.05) is 0 Å². The van der Waals surface area contributed by atoms with Gasteiger partial charge in [-0.05, 0) is 6.92 Å². The number of ketones is 1. The third-order valence-corrected chi connectivity index (χ3v) is 1.37. The summed E-state index contributed by atoms with van der Waals surface area (Å²) in [6.07, 6.45) is 0.129. The second-order valence-corrected chi connectivity index (χ2v) is 2.19. The normalized spacial score (nSPS) is 28.8. The molecule has 1 aliphatic rings. The van der Waals surface area contributed by atoms with Gasteiger partial charge >= 0.3 is 0 Å². The smallest absolute Gasteiger partial charge is 0.164 e. The second-order valence-electron chi connectivity index (χ2n) is 2.19. The van der Waals surface area contributed by atoms with Crippen molar-refractivity contribution in [2.24, 2.45) is 0 Å². The molecule has 0 aromatic carbocycles. The van der Waals surface area contributed by atoms with Gasteiger partial charge in [-0.15, -0.1) is 0 Å². The number of hydrogen-bond donors (Lipinski definition) is 1. The van der Waals surface area contributed by atoms with Gasteiger partial charge in [0.1, 0.15) is 6.61 Å². The van der Waals surface area contributed by atoms with E-state index in [-0.39, 0.29) is 24.9 Å². The molecule has 1 atom stereocenters. The quantitative estimate of drug-likeness (QED) is 0.511. The first-order valence-corrected chi connectivity index (χ1v) is 2.91. The summed E-state index contributed by atoms with van der Waals surface area (Å²) in [5.41, 5.74) is 0.395. The van der Waals surface area contributed by atoms with Gasteiger partial charge in [-0.25, -0.2) is 0 Å². The number of nitrogens with one attached hydrogen (secondary N) is 1. The van der Waals surface area contributed by atoms with Crippen LogP contribution in [0.4, 0.5) is 0 Å². The van der Waals surface area contributed by atoms with Crippen molar-refractivity contribution in [3.63, 3.8) is 0 Å². The Morgan fingerprint density at radius 2 is 2.44 bits per heavy atom. The van der Waals surface area contributed by atoms with Crippen LogP contribution in [-0.4, -0.2) is 24.2 Å². The van der Waals surface area contributed by atoms with Gasteiger partial charge in [-0.2, -0.15) is 0 Å². The largest absolute Gasteiger partial charge is 0.365 e. The van der Waals surface area contributed by atoms with Crippen LogP contribution in [0.3, 0.4) is 0 Å². The molecule has 0 bridgehead atoms. The van der Waals surface area contributed by atoms with Crippen LogP contribution in [0.15, 0.2) is 0 Å². The number of carbonyl (C=O) groups is 1. The number of carbonyl (C=O) groups excluding carboxylic acids is 1. The van der Waals surface area contributed by atoms with Crippen molar-refractivity contribution >= 4 is 11.5 Å². The Balaban J connectivity index is 2.54. The molecular weight excluding hydrogens is 118 g/mol. The zero-order chi connectivity index (χ0) is 6.85. The Morgan fingerprint density at radius 3 is 2.89 bits per heavy atom. The highest BCUT2D eigenvalue weighted by Gasteiger charge is 2.19. The minimum Gasteiger partial charge on any atom is -0.365 e. The maximum absolute atomic E-state index is 10.6. The molecule has 1 heterocycles. The van der Waals surface area contributed by atoms with Gasteiger partial charge in [0, 0.05) is 12.1 Å². The second kappa shape index (κ2) is 2.27. The summed E-state index contributed by atoms with van der Waals surface area (Å²) in [4.78, 5) is 10.6. The lowest BCUT2D eigenvalue weighted by atomic mass is 10.1. The van der Waals surface area contributed by atoms with Gasteiger partial charge in [0.2, 0.25) is 0 Å². The predicted octanol–water partition coefficient (Wildman–Crippen LogP) is 0.384. The molecule has 0 radical (unpaired) electrons. The Kier molecular flexibility index (Phi) is 1.62. The number of ether oxygens (including phenoxy) is 1. The molecule has 1 fully saturated rings. The van der Waals surface area contributed by atoms with Gasteiger partial charge < -0.3 is 10.1 Å². The lowest BCUT2D eigenvalue weighted by Crippen LogP contribution is -2.32. The SMILES string of the molecule is CC1OCC(=O)CC1=N. The molecule has 3 heteroatoms. The van der Waals surface area contributed by atoms with Gasteiger partial charge in [0.05, 0.1) is 6.10 Å². The Labute approximate surface area is 53.5 Å². The third kappa shape index (κ3) is 1.36. The molecule has 1 saturated heterocycles. The fourth-order valence-electron chi connectivity index (χ4n) is 0.726. The standard InChI is InChI=1S/C6H9NO2/c1-4-6(7)2-5(8)3-9-4/h4,7H,2-3H2,1H3. The van der Waals surface area contributed by atoms with Crippen LogP contribution in [0.2, 0.25) is 0 Å². The summed E-state index contributed by atoms with van der Waals surface area (Å²) >= 11 is 0. The summed E-state index contributed by atoms with van der Waals surface area (Å²) in [5.74, 6) is 0.0121. The molecule has 0 spiro atoms. The highest BCUT2D eigenvalue weighted by molar-refractivity contribution is 6.04. The first kappa shape index (κ1) is 6.42. The lowest BCUT2D eigenvalue weighted by Gasteiger charge is -2.18. The van der Waals surface area contributed by atoms with E-state index in [4.69, 9.17) is 10.1 Å². The molecule has 3 nitrogen and oxygen atoms in total. The molecule has 0 aromatic rings. The molecule has 1 unspecified atom stereocenters. The molecule has 0 saturated carbocycles. The van der Waals surface area contributed by atoms with Crippen molar-refractivity contribution in [1.82, 2.24) is 0 Å². The van der Waals surface area contributed by atoms with Crippen molar-refractivity contribution in [2.45, 2.75) is 19.4 Å². The predicted molar refractivity (Wildman–Crippen MR) is 32.8 cm³/mol. The summed E-state index contributed by atoms with van der Waals surface area (Å²) in [5, 5.41) is 7.18. The first-order chi connectivity index (χ1) is 4.20. The van der Waals surface area contributed by atoms with Crippen LogP contribution in [0, 0.1) is 5.41 Å². The van der Waals surface area contributed by atoms with Crippen molar-refractivity contribution in [3.05, 3.63) is 0 Å². The molecule has 0 amide bonds. The fraction of sp³-hybridized carbons (Fsp3) is 0.667. The van der Waals surface area contributed by atoms with E-state index in [0.29, 0.717) is 5.71 Å². The number of Topliss-reactive ketones (excluding diaryl/α,β-unsaturated/α-hetero) is 1. The molecular formula is C6H9NO2. The third-order valence-electron chi connectivity index (χ3n) is 1.37. The van der Waals surface area contributed by atoms with E-state index in [1.807, 2.05) is 0 Å². The van der Waals surface area contributed by atoms with Crippen LogP contribution in [0.5, 0.6) is 0 Å². The molecule has 1 aliphatic heterocycles. The van der Waals surface area contributed by atoms with Crippen LogP contribution >= 0.6 is 0 Å². The van der Waals surface area contributed by atoms with Crippen molar-refractivity contribution in [2.75, 3.05) is 6.61 Å². The Hall–Kier alpha value is -0.700. The average molecular weight is 127 g/mol. The maximum atomic E-state index is 10.6. The highest BCUT2D eigenvalue weighted by atomic mass is 16.5. The Bertz CT molecular complexity index is 153. The lowest BCUT2D eigenvalue weighted by molar-refractivity contribution is -0.124. The fourth-order valence-corrected chi connectivity index (χ4v) is 0.726. The van der Waals surface area contributed by atoms with Gasteiger partial charge in [-0.3, -0.25) is 4.79 Å². The number of hydrogen-bond acceptors (Lipinski definition) is 3. The van der Waals surface area contributed by atoms with E-state index in [1.54, 1.807) is 6.92 Å². The van der Waals surface area contributed by atoms with Gasteiger partial charge in [0.15, 0.2) is 5.78 Å². The molecule has 1 N–H and O–H groups in total. The molecule has 0 aliphatic carbocycles. The van der Waals surface area contributed by atoms with Crippen LogP contribution in [0.1, 0.15) is 13.3 Å². The van der Waals surface area contributed by atoms with E-state index >= 15 is 0 Å². The summed E-state index contributed by atoms with van der Waals surface area (Å²) < 4.78 is 4.93. The topological polar surface area (TPSA) is 50.2 Å². The zero-order valence-corrected chi connectivity index (χ0v) is 5.31. The van der Waals surface area contributed by atoms with Crippen LogP contribution in [-0.2, 0) is 9.53 Å². The first-order valence-electron chi connectivity index (χ1n) is 2.91. The average Bonchev–Trinajstić information content (AvgIpc) is 1.80. The minimum absolute atomic E-state index is 0.0121. The van der Waals surface area contributed by atoms with Crippen molar-refractivity contribution in [1.29, 1.82) is 5.41 Å². The Morgan fingerprint density at radius 1 is 1.78 bits per heavy atom. The van der Waals surface area contributed by atoms with Crippen molar-refractivity contribution < 1.29 is 9.53 Å². The number of rotatable bonds is 0. The molecule has 9 heavy (non-hydrogen) atoms. The van der Waals surface area contributed by atoms with Gasteiger partial charge in [0.25, 0.3) is 0 Å². The maximum Gasteiger partial charge on any atom is 0.164 e. The summed E-state index contributed by atoms with van der Waals surface area (Å²) in [6.45, 7) is 1.97. The van der Waals surface area contributed by atoms with Crippen LogP contribution < -0.4 is 0 Å². The van der Waals surface area contributed by atoms with E-state index in [1.165, 1.54) is 0 Å². The summed E-state index contributed by atoms with van der Waals surface area (Å²) in [7, 11) is 0. The minimum atomic E-state index is -0.150. The zero-order valence-electron chi connectivity index (χ0n) is 5.31. The monoisotopic (exact) mass is 127 g/mol. The molecule has 1 rings (SSSR count). The summed E-state index contributed by atoms with van der Waals surface area (Å²) in [6, 6.07) is 0. The van der Waals surface area contributed by atoms with E-state index < -0.39 is 0 Å². The molecule has 50 valence electrons. The van der Waals surface area contributed by atoms with E-state index in [9.17, 15) is 4.79 Å². The highest BCUT2D eigenvalue weighted by Crippen LogP contribution is 2.04. The van der Waals surface area contributed by atoms with E-state index in [2.05, 4.69) is 0 Å². The molecule has 0 aromatic heterocycles.